The number of aliphatic hydroxyl groups is 1. The number of carbonyl (C=O) groups excluding carboxylic acids is 3. The van der Waals surface area contributed by atoms with Gasteiger partial charge in [-0.25, -0.2) is 0 Å². The van der Waals surface area contributed by atoms with Crippen molar-refractivity contribution in [3.8, 4) is 0 Å². The van der Waals surface area contributed by atoms with Crippen LogP contribution in [0.25, 0.3) is 0 Å². The van der Waals surface area contributed by atoms with E-state index in [-0.39, 0.29) is 30.9 Å². The molecule has 192 valence electrons. The Morgan fingerprint density at radius 2 is 2.00 bits per heavy atom. The van der Waals surface area contributed by atoms with Crippen LogP contribution in [-0.2, 0) is 30.3 Å². The summed E-state index contributed by atoms with van der Waals surface area (Å²) in [6.07, 6.45) is 2.62. The van der Waals surface area contributed by atoms with Crippen LogP contribution < -0.4 is 5.32 Å². The number of hydrogen-bond acceptors (Lipinski definition) is 6. The van der Waals surface area contributed by atoms with Gasteiger partial charge in [-0.05, 0) is 44.6 Å². The lowest BCUT2D eigenvalue weighted by Crippen LogP contribution is -2.58. The zero-order valence-electron chi connectivity index (χ0n) is 21.2. The Bertz CT molecular complexity index is 954. The first-order valence-electron chi connectivity index (χ1n) is 12.9. The Morgan fingerprint density at radius 1 is 1.29 bits per heavy atom. The molecule has 8 nitrogen and oxygen atoms in total. The first-order valence-corrected chi connectivity index (χ1v) is 12.9. The Kier molecular flexibility index (Phi) is 7.25. The second-order valence-corrected chi connectivity index (χ2v) is 10.4. The minimum atomic E-state index is -1.14. The smallest absolute Gasteiger partial charge is 0.312 e. The van der Waals surface area contributed by atoms with E-state index in [1.165, 1.54) is 4.90 Å². The quantitative estimate of drug-likeness (QED) is 0.388. The van der Waals surface area contributed by atoms with E-state index in [0.29, 0.717) is 19.4 Å². The molecule has 3 fully saturated rings. The van der Waals surface area contributed by atoms with Gasteiger partial charge in [0.2, 0.25) is 11.8 Å². The molecule has 7 atom stereocenters. The largest absolute Gasteiger partial charge is 0.466 e. The van der Waals surface area contributed by atoms with Gasteiger partial charge < -0.3 is 24.8 Å². The van der Waals surface area contributed by atoms with E-state index >= 15 is 0 Å². The SMILES string of the molecule is CCCCNC(=O)C1N([C@@H](CO)Cc2ccccc2)C(=O)[C@@H]2[C@@H](C(=O)OCC)[C@]3(C)OC12CC3C. The van der Waals surface area contributed by atoms with Crippen molar-refractivity contribution in [1.29, 1.82) is 0 Å². The first-order chi connectivity index (χ1) is 16.7. The molecule has 8 heteroatoms. The maximum atomic E-state index is 14.1. The van der Waals surface area contributed by atoms with Gasteiger partial charge in [0.15, 0.2) is 0 Å². The Hall–Kier alpha value is -2.45. The summed E-state index contributed by atoms with van der Waals surface area (Å²) in [7, 11) is 0. The number of rotatable bonds is 10. The molecule has 3 heterocycles. The topological polar surface area (TPSA) is 105 Å². The van der Waals surface area contributed by atoms with Gasteiger partial charge in [0, 0.05) is 6.54 Å². The average Bonchev–Trinajstić information content (AvgIpc) is 3.35. The lowest BCUT2D eigenvalue weighted by Gasteiger charge is -2.37. The highest BCUT2D eigenvalue weighted by Gasteiger charge is 2.80. The van der Waals surface area contributed by atoms with Gasteiger partial charge in [0.1, 0.15) is 17.6 Å². The van der Waals surface area contributed by atoms with Crippen LogP contribution in [0, 0.1) is 17.8 Å². The van der Waals surface area contributed by atoms with Gasteiger partial charge >= 0.3 is 5.97 Å². The van der Waals surface area contributed by atoms with E-state index in [0.717, 1.165) is 18.4 Å². The van der Waals surface area contributed by atoms with E-state index in [1.807, 2.05) is 51.1 Å². The molecule has 3 saturated heterocycles. The summed E-state index contributed by atoms with van der Waals surface area (Å²) in [4.78, 5) is 42.5. The fourth-order valence-electron chi connectivity index (χ4n) is 6.58. The Balaban J connectivity index is 1.77. The second-order valence-electron chi connectivity index (χ2n) is 10.4. The molecule has 4 rings (SSSR count). The van der Waals surface area contributed by atoms with E-state index in [4.69, 9.17) is 9.47 Å². The van der Waals surface area contributed by atoms with Crippen LogP contribution in [0.4, 0.5) is 0 Å². The van der Waals surface area contributed by atoms with Gasteiger partial charge in [-0.2, -0.15) is 0 Å². The van der Waals surface area contributed by atoms with Crippen molar-refractivity contribution in [2.45, 2.75) is 76.7 Å². The molecule has 0 aliphatic carbocycles. The van der Waals surface area contributed by atoms with Crippen molar-refractivity contribution in [1.82, 2.24) is 10.2 Å². The number of benzene rings is 1. The molecule has 2 bridgehead atoms. The monoisotopic (exact) mass is 486 g/mol. The number of ether oxygens (including phenoxy) is 2. The molecule has 1 aromatic rings. The molecule has 1 spiro atoms. The average molecular weight is 487 g/mol. The van der Waals surface area contributed by atoms with Crippen LogP contribution in [0.1, 0.15) is 52.5 Å². The third-order valence-corrected chi connectivity index (χ3v) is 8.29. The molecule has 0 saturated carbocycles. The molecule has 3 aliphatic rings. The van der Waals surface area contributed by atoms with Crippen molar-refractivity contribution < 1.29 is 29.0 Å². The molecule has 2 N–H and O–H groups in total. The van der Waals surface area contributed by atoms with Gasteiger partial charge in [-0.15, -0.1) is 0 Å². The number of likely N-dealkylation sites (tertiary alicyclic amines) is 1. The van der Waals surface area contributed by atoms with E-state index in [2.05, 4.69) is 5.32 Å². The lowest BCUT2D eigenvalue weighted by molar-refractivity contribution is -0.162. The van der Waals surface area contributed by atoms with Crippen LogP contribution in [0.5, 0.6) is 0 Å². The Labute approximate surface area is 207 Å². The molecule has 2 amide bonds. The van der Waals surface area contributed by atoms with Gasteiger partial charge in [0.05, 0.1) is 30.8 Å². The number of hydrogen-bond donors (Lipinski definition) is 2. The maximum absolute atomic E-state index is 14.1. The Morgan fingerprint density at radius 3 is 2.63 bits per heavy atom. The fraction of sp³-hybridized carbons (Fsp3) is 0.667. The highest BCUT2D eigenvalue weighted by atomic mass is 16.6. The zero-order valence-corrected chi connectivity index (χ0v) is 21.2. The van der Waals surface area contributed by atoms with E-state index in [1.54, 1.807) is 6.92 Å². The summed E-state index contributed by atoms with van der Waals surface area (Å²) >= 11 is 0. The fourth-order valence-corrected chi connectivity index (χ4v) is 6.58. The van der Waals surface area contributed by atoms with Crippen molar-refractivity contribution in [3.05, 3.63) is 35.9 Å². The van der Waals surface area contributed by atoms with E-state index in [9.17, 15) is 19.5 Å². The zero-order chi connectivity index (χ0) is 25.4. The first kappa shape index (κ1) is 25.6. The van der Waals surface area contributed by atoms with Crippen molar-refractivity contribution in [2.24, 2.45) is 17.8 Å². The molecule has 3 aliphatic heterocycles. The predicted molar refractivity (Wildman–Crippen MR) is 129 cm³/mol. The summed E-state index contributed by atoms with van der Waals surface area (Å²) in [5, 5.41) is 13.4. The van der Waals surface area contributed by atoms with Crippen LogP contribution in [0.2, 0.25) is 0 Å². The summed E-state index contributed by atoms with van der Waals surface area (Å²) in [6, 6.07) is 8.03. The number of esters is 1. The minimum Gasteiger partial charge on any atom is -0.466 e. The number of aliphatic hydroxyl groups excluding tert-OH is 1. The summed E-state index contributed by atoms with van der Waals surface area (Å²) < 4.78 is 12.0. The van der Waals surface area contributed by atoms with Gasteiger partial charge in [-0.3, -0.25) is 14.4 Å². The predicted octanol–water partition coefficient (Wildman–Crippen LogP) is 2.08. The van der Waals surface area contributed by atoms with Crippen molar-refractivity contribution in [2.75, 3.05) is 19.8 Å². The minimum absolute atomic E-state index is 0.0476. The third kappa shape index (κ3) is 4.04. The summed E-state index contributed by atoms with van der Waals surface area (Å²) in [5.74, 6) is -2.74. The molecule has 35 heavy (non-hydrogen) atoms. The number of carbonyl (C=O) groups is 3. The van der Waals surface area contributed by atoms with Gasteiger partial charge in [-0.1, -0.05) is 50.6 Å². The van der Waals surface area contributed by atoms with Crippen molar-refractivity contribution >= 4 is 17.8 Å². The number of unbranched alkanes of at least 4 members (excludes halogenated alkanes) is 1. The van der Waals surface area contributed by atoms with E-state index < -0.39 is 41.1 Å². The molecule has 0 radical (unpaired) electrons. The standard InChI is InChI=1S/C27H38N2O6/c1-5-7-13-28-23(31)22-27-15-17(3)26(4,35-27)21(25(33)34-6-2)20(27)24(32)29(22)19(16-30)14-18-11-9-8-10-12-18/h8-12,17,19-22,30H,5-7,13-16H2,1-4H3,(H,28,31)/t17?,19-,20+,21+,22?,26-,27?/m1/s1. The van der Waals surface area contributed by atoms with Crippen LogP contribution >= 0.6 is 0 Å². The van der Waals surface area contributed by atoms with Crippen molar-refractivity contribution in [3.63, 3.8) is 0 Å². The molecule has 0 aromatic heterocycles. The van der Waals surface area contributed by atoms with Crippen LogP contribution in [0.15, 0.2) is 30.3 Å². The number of amides is 2. The van der Waals surface area contributed by atoms with Gasteiger partial charge in [0.25, 0.3) is 0 Å². The second kappa shape index (κ2) is 9.90. The van der Waals surface area contributed by atoms with Crippen LogP contribution in [0.3, 0.4) is 0 Å². The highest BCUT2D eigenvalue weighted by Crippen LogP contribution is 2.65. The highest BCUT2D eigenvalue weighted by molar-refractivity contribution is 5.98. The number of nitrogens with zero attached hydrogens (tertiary/aromatic N) is 1. The molecular weight excluding hydrogens is 448 g/mol. The lowest BCUT2D eigenvalue weighted by atomic mass is 9.62. The maximum Gasteiger partial charge on any atom is 0.312 e. The third-order valence-electron chi connectivity index (χ3n) is 8.29. The molecular formula is C27H38N2O6. The number of fused-ring (bicyclic) bond motifs is 1. The molecule has 3 unspecified atom stereocenters. The van der Waals surface area contributed by atoms with Crippen LogP contribution in [-0.4, -0.2) is 70.8 Å². The molecule has 1 aromatic carbocycles. The normalized spacial score (nSPS) is 34.1. The summed E-state index contributed by atoms with van der Waals surface area (Å²) in [5.41, 5.74) is -1.08. The summed E-state index contributed by atoms with van der Waals surface area (Å²) in [6.45, 7) is 8.03. The number of nitrogens with one attached hydrogen (secondary N) is 1.